The molecule has 3 unspecified atom stereocenters. The number of hydrogen-bond donors (Lipinski definition) is 2. The molecule has 1 aromatic heterocycles. The number of fused-ring (bicyclic) bond motifs is 3. The fourth-order valence-electron chi connectivity index (χ4n) is 5.94. The van der Waals surface area contributed by atoms with E-state index in [1.54, 1.807) is 24.3 Å². The number of hydrogen-bond acceptors (Lipinski definition) is 4. The Hall–Kier alpha value is -4.03. The number of para-hydroxylation sites is 2. The van der Waals surface area contributed by atoms with Gasteiger partial charge >= 0.3 is 0 Å². The molecule has 0 aliphatic carbocycles. The number of Topliss-reactive ketones (excluding diaryl/α,β-unsaturated/α-hetero) is 1. The first kappa shape index (κ1) is 23.4. The van der Waals surface area contributed by atoms with Crippen LogP contribution >= 0.6 is 0 Å². The topological polar surface area (TPSA) is 82.3 Å². The smallest absolute Gasteiger partial charge is 0.246 e. The normalized spacial score (nSPS) is 22.5. The lowest BCUT2D eigenvalue weighted by Crippen LogP contribution is -2.52. The zero-order valence-electron chi connectivity index (χ0n) is 20.5. The summed E-state index contributed by atoms with van der Waals surface area (Å²) >= 11 is 0. The summed E-state index contributed by atoms with van der Waals surface area (Å²) in [5.41, 5.74) is 4.54. The van der Waals surface area contributed by atoms with Gasteiger partial charge in [-0.05, 0) is 55.1 Å². The van der Waals surface area contributed by atoms with Crippen molar-refractivity contribution in [3.05, 3.63) is 102 Å². The third kappa shape index (κ3) is 4.27. The van der Waals surface area contributed by atoms with Crippen LogP contribution in [0.3, 0.4) is 0 Å². The van der Waals surface area contributed by atoms with Gasteiger partial charge in [0.05, 0.1) is 11.7 Å². The van der Waals surface area contributed by atoms with Gasteiger partial charge in [-0.2, -0.15) is 0 Å². The van der Waals surface area contributed by atoms with Gasteiger partial charge in [-0.15, -0.1) is 0 Å². The highest BCUT2D eigenvalue weighted by Gasteiger charge is 2.46. The maximum absolute atomic E-state index is 14.3. The Morgan fingerprint density at radius 2 is 1.51 bits per heavy atom. The van der Waals surface area contributed by atoms with Crippen molar-refractivity contribution >= 4 is 34.2 Å². The monoisotopic (exact) mass is 491 g/mol. The van der Waals surface area contributed by atoms with Crippen LogP contribution in [-0.4, -0.2) is 29.1 Å². The molecule has 2 aliphatic rings. The molecule has 186 valence electrons. The summed E-state index contributed by atoms with van der Waals surface area (Å²) in [7, 11) is 0. The Bertz CT molecular complexity index is 1460. The second kappa shape index (κ2) is 9.79. The van der Waals surface area contributed by atoms with E-state index in [0.717, 1.165) is 34.1 Å². The highest BCUT2D eigenvalue weighted by Crippen LogP contribution is 2.38. The van der Waals surface area contributed by atoms with E-state index in [0.29, 0.717) is 25.1 Å². The molecule has 4 aromatic rings. The number of carbonyl (C=O) groups is 3. The van der Waals surface area contributed by atoms with E-state index in [9.17, 15) is 14.4 Å². The highest BCUT2D eigenvalue weighted by atomic mass is 16.2. The maximum Gasteiger partial charge on any atom is 0.246 e. The number of aromatic nitrogens is 1. The minimum Gasteiger partial charge on any atom is -0.357 e. The van der Waals surface area contributed by atoms with Gasteiger partial charge in [-0.25, -0.2) is 4.90 Å². The zero-order valence-corrected chi connectivity index (χ0v) is 20.5. The van der Waals surface area contributed by atoms with Crippen LogP contribution in [0.15, 0.2) is 84.9 Å². The van der Waals surface area contributed by atoms with Gasteiger partial charge < -0.3 is 10.3 Å². The summed E-state index contributed by atoms with van der Waals surface area (Å²) < 4.78 is 0. The molecule has 2 aliphatic heterocycles. The molecule has 3 heterocycles. The Morgan fingerprint density at radius 3 is 2.30 bits per heavy atom. The molecular formula is C31H29N3O3. The van der Waals surface area contributed by atoms with Gasteiger partial charge in [-0.3, -0.25) is 14.4 Å². The predicted octanol–water partition coefficient (Wildman–Crippen LogP) is 4.75. The molecule has 0 spiro atoms. The second-order valence-electron chi connectivity index (χ2n) is 9.95. The zero-order chi connectivity index (χ0) is 25.4. The lowest BCUT2D eigenvalue weighted by molar-refractivity contribution is -0.139. The molecule has 1 saturated heterocycles. The minimum atomic E-state index is -1.02. The van der Waals surface area contributed by atoms with E-state index >= 15 is 0 Å². The van der Waals surface area contributed by atoms with Crippen molar-refractivity contribution in [3.8, 4) is 0 Å². The molecule has 2 N–H and O–H groups in total. The highest BCUT2D eigenvalue weighted by molar-refractivity contribution is 6.22. The van der Waals surface area contributed by atoms with E-state index in [1.807, 2.05) is 54.6 Å². The van der Waals surface area contributed by atoms with E-state index in [2.05, 4.69) is 16.4 Å². The minimum absolute atomic E-state index is 0.105. The molecule has 37 heavy (non-hydrogen) atoms. The van der Waals surface area contributed by atoms with Gasteiger partial charge in [0.1, 0.15) is 5.92 Å². The molecule has 1 fully saturated rings. The fraction of sp³-hybridized carbons (Fsp3) is 0.258. The first-order valence-electron chi connectivity index (χ1n) is 12.9. The number of amides is 2. The predicted molar refractivity (Wildman–Crippen MR) is 143 cm³/mol. The molecular weight excluding hydrogens is 462 g/mol. The Balaban J connectivity index is 1.46. The Kier molecular flexibility index (Phi) is 6.18. The van der Waals surface area contributed by atoms with Crippen molar-refractivity contribution in [2.24, 2.45) is 11.8 Å². The number of H-pyrrole nitrogens is 1. The van der Waals surface area contributed by atoms with Gasteiger partial charge in [0, 0.05) is 28.9 Å². The summed E-state index contributed by atoms with van der Waals surface area (Å²) in [4.78, 5) is 46.8. The van der Waals surface area contributed by atoms with Crippen LogP contribution in [0.25, 0.3) is 10.9 Å². The molecule has 6 nitrogen and oxygen atoms in total. The number of rotatable bonds is 4. The number of nitrogens with zero attached hydrogens (tertiary/aromatic N) is 1. The maximum atomic E-state index is 14.3. The number of ketones is 1. The standard InChI is InChI=1S/C31H29N3O3/c35-26-16-15-21(19-20-9-3-1-4-10-20)30(36)27(31(37)34(26)22-11-5-2-6-12-22)29-28-24(17-18-32-29)23-13-7-8-14-25(23)33-28/h1-14,21,27,29,32-33H,15-19H2. The Labute approximate surface area is 215 Å². The summed E-state index contributed by atoms with van der Waals surface area (Å²) in [6.07, 6.45) is 1.87. The molecule has 0 saturated carbocycles. The molecule has 0 bridgehead atoms. The van der Waals surface area contributed by atoms with Gasteiger partial charge in [0.2, 0.25) is 11.8 Å². The van der Waals surface area contributed by atoms with Crippen LogP contribution in [0, 0.1) is 11.8 Å². The number of nitrogens with one attached hydrogen (secondary N) is 2. The molecule has 3 aromatic carbocycles. The van der Waals surface area contributed by atoms with Crippen LogP contribution in [-0.2, 0) is 27.2 Å². The van der Waals surface area contributed by atoms with E-state index < -0.39 is 23.8 Å². The third-order valence-corrected chi connectivity index (χ3v) is 7.72. The average Bonchev–Trinajstić information content (AvgIpc) is 3.31. The van der Waals surface area contributed by atoms with Crippen molar-refractivity contribution in [1.82, 2.24) is 10.3 Å². The third-order valence-electron chi connectivity index (χ3n) is 7.72. The van der Waals surface area contributed by atoms with Gasteiger partial charge in [0.25, 0.3) is 0 Å². The average molecular weight is 492 g/mol. The number of benzene rings is 3. The molecule has 6 rings (SSSR count). The van der Waals surface area contributed by atoms with Crippen molar-refractivity contribution in [3.63, 3.8) is 0 Å². The Morgan fingerprint density at radius 1 is 0.811 bits per heavy atom. The van der Waals surface area contributed by atoms with Crippen LogP contribution in [0.1, 0.15) is 35.7 Å². The summed E-state index contributed by atoms with van der Waals surface area (Å²) in [5.74, 6) is -2.27. The molecule has 0 radical (unpaired) electrons. The van der Waals surface area contributed by atoms with Crippen molar-refractivity contribution in [2.45, 2.75) is 31.7 Å². The van der Waals surface area contributed by atoms with Crippen LogP contribution in [0.2, 0.25) is 0 Å². The van der Waals surface area contributed by atoms with Crippen molar-refractivity contribution < 1.29 is 14.4 Å². The summed E-state index contributed by atoms with van der Waals surface area (Å²) in [6.45, 7) is 0.652. The summed E-state index contributed by atoms with van der Waals surface area (Å²) in [6, 6.07) is 26.3. The first-order chi connectivity index (χ1) is 18.1. The van der Waals surface area contributed by atoms with Crippen LogP contribution < -0.4 is 10.2 Å². The van der Waals surface area contributed by atoms with Crippen LogP contribution in [0.5, 0.6) is 0 Å². The number of aromatic amines is 1. The summed E-state index contributed by atoms with van der Waals surface area (Å²) in [5, 5.41) is 4.59. The largest absolute Gasteiger partial charge is 0.357 e. The second-order valence-corrected chi connectivity index (χ2v) is 9.95. The molecule has 6 heteroatoms. The lowest BCUT2D eigenvalue weighted by atomic mass is 9.77. The van der Waals surface area contributed by atoms with Gasteiger partial charge in [0.15, 0.2) is 5.78 Å². The lowest BCUT2D eigenvalue weighted by Gasteiger charge is -2.36. The van der Waals surface area contributed by atoms with Crippen molar-refractivity contribution in [1.29, 1.82) is 0 Å². The van der Waals surface area contributed by atoms with E-state index in [-0.39, 0.29) is 18.1 Å². The van der Waals surface area contributed by atoms with Crippen molar-refractivity contribution in [2.75, 3.05) is 11.4 Å². The molecule has 2 amide bonds. The van der Waals surface area contributed by atoms with E-state index in [1.165, 1.54) is 4.90 Å². The SMILES string of the molecule is O=C1C(Cc2ccccc2)CCC(=O)N(c2ccccc2)C(=O)C1C1NCCc2c1[nH]c1ccccc21. The fourth-order valence-corrected chi connectivity index (χ4v) is 5.94. The number of anilines is 1. The number of carbonyl (C=O) groups excluding carboxylic acids is 3. The molecule has 3 atom stereocenters. The quantitative estimate of drug-likeness (QED) is 0.319. The van der Waals surface area contributed by atoms with Crippen LogP contribution in [0.4, 0.5) is 5.69 Å². The number of imide groups is 1. The van der Waals surface area contributed by atoms with E-state index in [4.69, 9.17) is 0 Å². The first-order valence-corrected chi connectivity index (χ1v) is 12.9. The van der Waals surface area contributed by atoms with Gasteiger partial charge in [-0.1, -0.05) is 66.7 Å².